The average molecular weight is 645 g/mol. The molecule has 0 saturated carbocycles. The lowest BCUT2D eigenvalue weighted by Gasteiger charge is -2.41. The molecule has 0 aromatic heterocycles. The van der Waals surface area contributed by atoms with Gasteiger partial charge in [-0.1, -0.05) is 116 Å². The number of hydrogen-bond acceptors (Lipinski definition) is 5. The van der Waals surface area contributed by atoms with E-state index in [1.807, 2.05) is 53.4 Å². The van der Waals surface area contributed by atoms with Crippen LogP contribution in [0.3, 0.4) is 0 Å². The minimum absolute atomic E-state index is 0.0418. The van der Waals surface area contributed by atoms with Gasteiger partial charge >= 0.3 is 0 Å². The maximum atomic E-state index is 14.3. The molecule has 2 aliphatic heterocycles. The number of allylic oxidation sites excluding steroid dienone is 1. The highest BCUT2D eigenvalue weighted by Crippen LogP contribution is 2.49. The van der Waals surface area contributed by atoms with Gasteiger partial charge in [-0.2, -0.15) is 0 Å². The van der Waals surface area contributed by atoms with Gasteiger partial charge in [0, 0.05) is 48.9 Å². The second-order valence-corrected chi connectivity index (χ2v) is 14.1. The Morgan fingerprint density at radius 3 is 2.06 bits per heavy atom. The maximum Gasteiger partial charge on any atom is 0.242 e. The molecule has 4 aromatic carbocycles. The second-order valence-electron chi connectivity index (χ2n) is 13.7. The van der Waals surface area contributed by atoms with E-state index in [0.29, 0.717) is 30.1 Å². The minimum Gasteiger partial charge on any atom is -0.357 e. The molecule has 1 fully saturated rings. The summed E-state index contributed by atoms with van der Waals surface area (Å²) in [6, 6.07) is 36.6. The van der Waals surface area contributed by atoms with Gasteiger partial charge in [0.2, 0.25) is 5.91 Å². The van der Waals surface area contributed by atoms with Crippen LogP contribution in [0.5, 0.6) is 0 Å². The quantitative estimate of drug-likeness (QED) is 0.231. The zero-order chi connectivity index (χ0) is 32.5. The average Bonchev–Trinajstić information content (AvgIpc) is 3.20. The van der Waals surface area contributed by atoms with Crippen molar-refractivity contribution in [2.75, 3.05) is 42.9 Å². The third kappa shape index (κ3) is 6.32. The smallest absolute Gasteiger partial charge is 0.242 e. The van der Waals surface area contributed by atoms with E-state index in [1.54, 1.807) is 0 Å². The van der Waals surface area contributed by atoms with Gasteiger partial charge in [0.25, 0.3) is 0 Å². The highest BCUT2D eigenvalue weighted by Gasteiger charge is 2.43. The zero-order valence-corrected chi connectivity index (χ0v) is 27.8. The van der Waals surface area contributed by atoms with Gasteiger partial charge in [-0.25, -0.2) is 0 Å². The molecule has 47 heavy (non-hydrogen) atoms. The number of benzene rings is 4. The number of rotatable bonds is 6. The number of anilines is 2. The van der Waals surface area contributed by atoms with E-state index in [9.17, 15) is 9.59 Å². The van der Waals surface area contributed by atoms with Crippen LogP contribution in [0.2, 0.25) is 5.02 Å². The number of para-hydroxylation sites is 2. The number of halogens is 1. The van der Waals surface area contributed by atoms with E-state index in [-0.39, 0.29) is 29.7 Å². The van der Waals surface area contributed by atoms with Crippen molar-refractivity contribution >= 4 is 34.7 Å². The van der Waals surface area contributed by atoms with Gasteiger partial charge in [0.1, 0.15) is 0 Å². The molecule has 1 atom stereocenters. The molecule has 3 aliphatic rings. The van der Waals surface area contributed by atoms with E-state index < -0.39 is 6.04 Å². The first-order valence-corrected chi connectivity index (χ1v) is 16.9. The van der Waals surface area contributed by atoms with Crippen molar-refractivity contribution in [3.63, 3.8) is 0 Å². The first-order chi connectivity index (χ1) is 22.8. The highest BCUT2D eigenvalue weighted by atomic mass is 35.5. The Balaban J connectivity index is 1.20. The standard InChI is InChI=1S/C40H41ClN4O2/c1-40(2)25-33-37(35(46)26-40)39(30-17-9-10-18-31(30)41)45(34-20-12-11-19-32(34)42-33)27-36(47)43-21-23-44(24-22-43)38(28-13-5-3-6-14-28)29-15-7-4-8-16-29/h3-20,38-39,42H,21-27H2,1-2H3. The van der Waals surface area contributed by atoms with E-state index in [2.05, 4.69) is 89.6 Å². The van der Waals surface area contributed by atoms with Gasteiger partial charge < -0.3 is 15.1 Å². The molecule has 4 aromatic rings. The molecule has 7 rings (SSSR count). The van der Waals surface area contributed by atoms with Crippen LogP contribution in [0.1, 0.15) is 55.5 Å². The van der Waals surface area contributed by atoms with Gasteiger partial charge in [0.15, 0.2) is 5.78 Å². The third-order valence-electron chi connectivity index (χ3n) is 9.77. The highest BCUT2D eigenvalue weighted by molar-refractivity contribution is 6.31. The normalized spacial score (nSPS) is 19.6. The largest absolute Gasteiger partial charge is 0.357 e. The van der Waals surface area contributed by atoms with Crippen molar-refractivity contribution in [2.24, 2.45) is 5.41 Å². The number of carbonyl (C=O) groups excluding carboxylic acids is 2. The second kappa shape index (κ2) is 13.0. The van der Waals surface area contributed by atoms with Crippen LogP contribution in [-0.4, -0.2) is 54.2 Å². The zero-order valence-electron chi connectivity index (χ0n) is 27.0. The number of nitrogens with one attached hydrogen (secondary N) is 1. The molecule has 1 unspecified atom stereocenters. The molecular weight excluding hydrogens is 604 g/mol. The maximum absolute atomic E-state index is 14.3. The van der Waals surface area contributed by atoms with Crippen molar-refractivity contribution < 1.29 is 9.59 Å². The number of carbonyl (C=O) groups is 2. The number of amides is 1. The molecule has 1 amide bonds. The molecule has 0 spiro atoms. The van der Waals surface area contributed by atoms with Crippen LogP contribution in [0.4, 0.5) is 11.4 Å². The number of Topliss-reactive ketones (excluding diaryl/α,β-unsaturated/α-hetero) is 1. The first-order valence-electron chi connectivity index (χ1n) is 16.5. The lowest BCUT2D eigenvalue weighted by atomic mass is 9.73. The molecule has 1 aliphatic carbocycles. The van der Waals surface area contributed by atoms with Crippen molar-refractivity contribution in [1.82, 2.24) is 9.80 Å². The van der Waals surface area contributed by atoms with E-state index in [0.717, 1.165) is 42.1 Å². The molecule has 0 radical (unpaired) electrons. The summed E-state index contributed by atoms with van der Waals surface area (Å²) in [5, 5.41) is 4.22. The van der Waals surface area contributed by atoms with Crippen molar-refractivity contribution in [1.29, 1.82) is 0 Å². The minimum atomic E-state index is -0.496. The van der Waals surface area contributed by atoms with E-state index in [4.69, 9.17) is 11.6 Å². The van der Waals surface area contributed by atoms with Crippen LogP contribution in [-0.2, 0) is 9.59 Å². The fraction of sp³-hybridized carbons (Fsp3) is 0.300. The third-order valence-corrected chi connectivity index (χ3v) is 10.1. The number of fused-ring (bicyclic) bond motifs is 1. The monoisotopic (exact) mass is 644 g/mol. The Morgan fingerprint density at radius 1 is 0.809 bits per heavy atom. The van der Waals surface area contributed by atoms with Crippen LogP contribution >= 0.6 is 11.6 Å². The van der Waals surface area contributed by atoms with Crippen molar-refractivity contribution in [2.45, 2.75) is 38.8 Å². The summed E-state index contributed by atoms with van der Waals surface area (Å²) >= 11 is 6.89. The summed E-state index contributed by atoms with van der Waals surface area (Å²) < 4.78 is 0. The summed E-state index contributed by atoms with van der Waals surface area (Å²) in [6.45, 7) is 7.17. The SMILES string of the molecule is CC1(C)CC(=O)C2=C(C1)Nc1ccccc1N(CC(=O)N1CCN(C(c3ccccc3)c3ccccc3)CC1)C2c1ccccc1Cl. The lowest BCUT2D eigenvalue weighted by molar-refractivity contribution is -0.131. The van der Waals surface area contributed by atoms with Gasteiger partial charge in [0.05, 0.1) is 30.0 Å². The van der Waals surface area contributed by atoms with Crippen LogP contribution < -0.4 is 10.2 Å². The molecule has 2 heterocycles. The van der Waals surface area contributed by atoms with Crippen molar-refractivity contribution in [3.05, 3.63) is 142 Å². The Morgan fingerprint density at radius 2 is 1.40 bits per heavy atom. The molecule has 1 saturated heterocycles. The van der Waals surface area contributed by atoms with Gasteiger partial charge in [-0.15, -0.1) is 0 Å². The fourth-order valence-electron chi connectivity index (χ4n) is 7.61. The predicted octanol–water partition coefficient (Wildman–Crippen LogP) is 7.89. The molecule has 0 bridgehead atoms. The summed E-state index contributed by atoms with van der Waals surface area (Å²) in [5.74, 6) is 0.139. The Hall–Kier alpha value is -4.39. The van der Waals surface area contributed by atoms with Crippen LogP contribution in [0.15, 0.2) is 120 Å². The summed E-state index contributed by atoms with van der Waals surface area (Å²) in [7, 11) is 0. The number of ketones is 1. The molecule has 240 valence electrons. The number of piperazine rings is 1. The molecular formula is C40H41ClN4O2. The number of nitrogens with zero attached hydrogens (tertiary/aromatic N) is 3. The van der Waals surface area contributed by atoms with E-state index in [1.165, 1.54) is 11.1 Å². The molecule has 6 nitrogen and oxygen atoms in total. The van der Waals surface area contributed by atoms with Crippen molar-refractivity contribution in [3.8, 4) is 0 Å². The van der Waals surface area contributed by atoms with Gasteiger partial charge in [-0.3, -0.25) is 14.5 Å². The first kappa shape index (κ1) is 31.2. The summed E-state index contributed by atoms with van der Waals surface area (Å²) in [5.41, 5.74) is 6.56. The predicted molar refractivity (Wildman–Crippen MR) is 190 cm³/mol. The number of hydrogen-bond donors (Lipinski definition) is 1. The van der Waals surface area contributed by atoms with Crippen LogP contribution in [0.25, 0.3) is 0 Å². The Kier molecular flexibility index (Phi) is 8.65. The topological polar surface area (TPSA) is 55.9 Å². The molecule has 1 N–H and O–H groups in total. The Bertz CT molecular complexity index is 1760. The summed E-state index contributed by atoms with van der Waals surface area (Å²) in [6.07, 6.45) is 1.18. The summed E-state index contributed by atoms with van der Waals surface area (Å²) in [4.78, 5) is 34.9. The fourth-order valence-corrected chi connectivity index (χ4v) is 7.85. The molecule has 7 heteroatoms. The van der Waals surface area contributed by atoms with Crippen LogP contribution in [0, 0.1) is 5.41 Å². The van der Waals surface area contributed by atoms with Gasteiger partial charge in [-0.05, 0) is 46.7 Å². The lowest BCUT2D eigenvalue weighted by Crippen LogP contribution is -2.52. The van der Waals surface area contributed by atoms with E-state index >= 15 is 0 Å². The Labute approximate surface area is 282 Å².